The standard InChI is InChI=1S/C43H29NOS/c1-43(2)35-14-6-3-11-29(35)30-22-19-28(25-36(30)43)44(27-20-23-39-34(24-27)31-12-4-7-16-38(31)45-39)37-15-9-10-26-18-21-33-32-13-5-8-17-40(32)46-42(33)41(26)37/h3-25H,1-2H3. The van der Waals surface area contributed by atoms with Crippen LogP contribution < -0.4 is 4.90 Å². The Kier molecular flexibility index (Phi) is 5.25. The Labute approximate surface area is 270 Å². The molecule has 2 nitrogen and oxygen atoms in total. The first-order chi connectivity index (χ1) is 22.6. The molecule has 0 unspecified atom stereocenters. The molecule has 0 saturated heterocycles. The molecule has 9 aromatic rings. The second-order valence-electron chi connectivity index (χ2n) is 12.9. The Morgan fingerprint density at radius 1 is 0.543 bits per heavy atom. The van der Waals surface area contributed by atoms with Gasteiger partial charge in [-0.15, -0.1) is 11.3 Å². The minimum Gasteiger partial charge on any atom is -0.456 e. The first-order valence-electron chi connectivity index (χ1n) is 15.9. The van der Waals surface area contributed by atoms with Crippen LogP contribution in [0.3, 0.4) is 0 Å². The fourth-order valence-corrected chi connectivity index (χ4v) is 9.10. The van der Waals surface area contributed by atoms with Gasteiger partial charge in [0, 0.05) is 53.1 Å². The maximum absolute atomic E-state index is 6.27. The van der Waals surface area contributed by atoms with Gasteiger partial charge in [-0.3, -0.25) is 0 Å². The maximum atomic E-state index is 6.27. The molecule has 0 N–H and O–H groups in total. The van der Waals surface area contributed by atoms with E-state index < -0.39 is 0 Å². The van der Waals surface area contributed by atoms with Crippen LogP contribution in [-0.4, -0.2) is 0 Å². The number of benzene rings is 7. The number of thiophene rings is 1. The zero-order chi connectivity index (χ0) is 30.6. The summed E-state index contributed by atoms with van der Waals surface area (Å²) in [6.07, 6.45) is 0. The summed E-state index contributed by atoms with van der Waals surface area (Å²) >= 11 is 1.89. The molecule has 2 aromatic heterocycles. The van der Waals surface area contributed by atoms with Crippen molar-refractivity contribution in [2.24, 2.45) is 0 Å². The van der Waals surface area contributed by atoms with Gasteiger partial charge in [0.1, 0.15) is 11.2 Å². The van der Waals surface area contributed by atoms with E-state index >= 15 is 0 Å². The van der Waals surface area contributed by atoms with Gasteiger partial charge >= 0.3 is 0 Å². The van der Waals surface area contributed by atoms with Crippen molar-refractivity contribution < 1.29 is 4.42 Å². The third kappa shape index (κ3) is 3.52. The lowest BCUT2D eigenvalue weighted by atomic mass is 9.82. The summed E-state index contributed by atoms with van der Waals surface area (Å²) in [4.78, 5) is 2.46. The van der Waals surface area contributed by atoms with Gasteiger partial charge in [-0.25, -0.2) is 0 Å². The van der Waals surface area contributed by atoms with E-state index in [0.717, 1.165) is 33.3 Å². The highest BCUT2D eigenvalue weighted by molar-refractivity contribution is 7.26. The van der Waals surface area contributed by atoms with Crippen molar-refractivity contribution >= 4 is 81.3 Å². The van der Waals surface area contributed by atoms with Crippen LogP contribution in [0.25, 0.3) is 64.0 Å². The SMILES string of the molecule is CC1(C)c2ccccc2-c2ccc(N(c3ccc4oc5ccccc5c4c3)c3cccc4ccc5c6ccccc6sc5c34)cc21. The number of hydrogen-bond acceptors (Lipinski definition) is 3. The van der Waals surface area contributed by atoms with Crippen LogP contribution in [0.1, 0.15) is 25.0 Å². The predicted molar refractivity (Wildman–Crippen MR) is 196 cm³/mol. The van der Waals surface area contributed by atoms with Gasteiger partial charge in [0.15, 0.2) is 0 Å². The second-order valence-corrected chi connectivity index (χ2v) is 14.0. The molecular formula is C43H29NOS. The lowest BCUT2D eigenvalue weighted by Gasteiger charge is -2.29. The van der Waals surface area contributed by atoms with Crippen LogP contribution in [0, 0.1) is 0 Å². The third-order valence-corrected chi connectivity index (χ3v) is 11.3. The highest BCUT2D eigenvalue weighted by Gasteiger charge is 2.36. The molecule has 0 bridgehead atoms. The Morgan fingerprint density at radius 2 is 1.28 bits per heavy atom. The highest BCUT2D eigenvalue weighted by Crippen LogP contribution is 2.52. The van der Waals surface area contributed by atoms with Crippen LogP contribution in [0.4, 0.5) is 17.1 Å². The van der Waals surface area contributed by atoms with Crippen LogP contribution in [0.2, 0.25) is 0 Å². The van der Waals surface area contributed by atoms with Gasteiger partial charge in [0.05, 0.1) is 5.69 Å². The molecule has 0 radical (unpaired) electrons. The maximum Gasteiger partial charge on any atom is 0.135 e. The summed E-state index contributed by atoms with van der Waals surface area (Å²) in [5.41, 5.74) is 10.6. The zero-order valence-corrected chi connectivity index (χ0v) is 26.4. The van der Waals surface area contributed by atoms with Crippen molar-refractivity contribution in [3.63, 3.8) is 0 Å². The lowest BCUT2D eigenvalue weighted by Crippen LogP contribution is -2.16. The quantitative estimate of drug-likeness (QED) is 0.199. The minimum atomic E-state index is -0.101. The van der Waals surface area contributed by atoms with Crippen molar-refractivity contribution in [2.75, 3.05) is 4.90 Å². The van der Waals surface area contributed by atoms with Gasteiger partial charge in [-0.2, -0.15) is 0 Å². The lowest BCUT2D eigenvalue weighted by molar-refractivity contribution is 0.660. The monoisotopic (exact) mass is 607 g/mol. The van der Waals surface area contributed by atoms with Crippen molar-refractivity contribution in [1.29, 1.82) is 0 Å². The molecule has 1 aliphatic rings. The number of rotatable bonds is 3. The Balaban J connectivity index is 1.29. The Hall–Kier alpha value is -5.38. The van der Waals surface area contributed by atoms with Crippen molar-refractivity contribution in [3.8, 4) is 11.1 Å². The molecule has 46 heavy (non-hydrogen) atoms. The van der Waals surface area contributed by atoms with Gasteiger partial charge < -0.3 is 9.32 Å². The van der Waals surface area contributed by atoms with Gasteiger partial charge in [-0.05, 0) is 76.2 Å². The number of para-hydroxylation sites is 1. The fourth-order valence-electron chi connectivity index (χ4n) is 7.83. The normalized spacial score (nSPS) is 13.6. The molecule has 0 fully saturated rings. The van der Waals surface area contributed by atoms with E-state index in [0.29, 0.717) is 0 Å². The van der Waals surface area contributed by atoms with Crippen molar-refractivity contribution in [2.45, 2.75) is 19.3 Å². The fraction of sp³-hybridized carbons (Fsp3) is 0.0698. The van der Waals surface area contributed by atoms with Crippen molar-refractivity contribution in [1.82, 2.24) is 0 Å². The van der Waals surface area contributed by atoms with Gasteiger partial charge in [-0.1, -0.05) is 105 Å². The van der Waals surface area contributed by atoms with Gasteiger partial charge in [0.25, 0.3) is 0 Å². The predicted octanol–water partition coefficient (Wildman–Crippen LogP) is 12.9. The summed E-state index contributed by atoms with van der Waals surface area (Å²) in [6.45, 7) is 4.71. The number of hydrogen-bond donors (Lipinski definition) is 0. The van der Waals surface area contributed by atoms with Gasteiger partial charge in [0.2, 0.25) is 0 Å². The highest BCUT2D eigenvalue weighted by atomic mass is 32.1. The summed E-state index contributed by atoms with van der Waals surface area (Å²) in [7, 11) is 0. The van der Waals surface area contributed by atoms with E-state index in [9.17, 15) is 0 Å². The Morgan fingerprint density at radius 3 is 2.22 bits per heavy atom. The minimum absolute atomic E-state index is 0.101. The van der Waals surface area contributed by atoms with Crippen LogP contribution >= 0.6 is 11.3 Å². The van der Waals surface area contributed by atoms with E-state index in [2.05, 4.69) is 152 Å². The van der Waals surface area contributed by atoms with E-state index in [1.54, 1.807) is 0 Å². The largest absolute Gasteiger partial charge is 0.456 e. The van der Waals surface area contributed by atoms with E-state index in [-0.39, 0.29) is 5.41 Å². The molecule has 0 aliphatic heterocycles. The Bertz CT molecular complexity index is 2690. The molecule has 2 heterocycles. The van der Waals surface area contributed by atoms with E-state index in [4.69, 9.17) is 4.42 Å². The molecule has 0 spiro atoms. The summed E-state index contributed by atoms with van der Waals surface area (Å²) in [5, 5.41) is 7.40. The average molecular weight is 608 g/mol. The topological polar surface area (TPSA) is 16.4 Å². The first-order valence-corrected chi connectivity index (χ1v) is 16.7. The van der Waals surface area contributed by atoms with Crippen molar-refractivity contribution in [3.05, 3.63) is 151 Å². The van der Waals surface area contributed by atoms with Crippen LogP contribution in [-0.2, 0) is 5.41 Å². The third-order valence-electron chi connectivity index (χ3n) is 10.0. The zero-order valence-electron chi connectivity index (χ0n) is 25.5. The smallest absolute Gasteiger partial charge is 0.135 e. The molecule has 10 rings (SSSR count). The first kappa shape index (κ1) is 25.9. The number of furan rings is 1. The molecule has 0 atom stereocenters. The van der Waals surface area contributed by atoms with E-state index in [1.165, 1.54) is 58.9 Å². The summed E-state index contributed by atoms with van der Waals surface area (Å²) in [5.74, 6) is 0. The summed E-state index contributed by atoms with van der Waals surface area (Å²) in [6, 6.07) is 51.0. The van der Waals surface area contributed by atoms with E-state index in [1.807, 2.05) is 17.4 Å². The molecule has 0 saturated carbocycles. The number of anilines is 3. The number of nitrogens with zero attached hydrogens (tertiary/aromatic N) is 1. The number of fused-ring (bicyclic) bond motifs is 11. The molecule has 0 amide bonds. The molecule has 3 heteroatoms. The average Bonchev–Trinajstić information content (AvgIpc) is 3.73. The molecular weight excluding hydrogens is 579 g/mol. The van der Waals surface area contributed by atoms with Crippen LogP contribution in [0.15, 0.2) is 144 Å². The second kappa shape index (κ2) is 9.32. The molecule has 1 aliphatic carbocycles. The summed E-state index contributed by atoms with van der Waals surface area (Å²) < 4.78 is 8.90. The molecule has 7 aromatic carbocycles. The molecule has 218 valence electrons. The van der Waals surface area contributed by atoms with Crippen LogP contribution in [0.5, 0.6) is 0 Å².